The van der Waals surface area contributed by atoms with Crippen molar-refractivity contribution in [2.75, 3.05) is 13.6 Å². The molecule has 1 saturated carbocycles. The van der Waals surface area contributed by atoms with Crippen LogP contribution in [0.4, 0.5) is 4.79 Å². The number of carbonyl (C=O) groups excluding carboxylic acids is 1. The summed E-state index contributed by atoms with van der Waals surface area (Å²) in [7, 11) is 1.83. The van der Waals surface area contributed by atoms with Gasteiger partial charge in [-0.3, -0.25) is 0 Å². The number of hydrogen-bond donors (Lipinski definition) is 0. The highest BCUT2D eigenvalue weighted by Gasteiger charge is 2.25. The summed E-state index contributed by atoms with van der Waals surface area (Å²) in [5.41, 5.74) is -0.421. The van der Waals surface area contributed by atoms with Gasteiger partial charge in [0.15, 0.2) is 0 Å². The van der Waals surface area contributed by atoms with E-state index in [0.29, 0.717) is 11.8 Å². The molecule has 1 amide bonds. The van der Waals surface area contributed by atoms with Crippen LogP contribution in [0.15, 0.2) is 9.47 Å². The Kier molecular flexibility index (Phi) is 7.06. The van der Waals surface area contributed by atoms with Gasteiger partial charge < -0.3 is 9.64 Å². The molecular weight excluding hydrogens is 386 g/mol. The molecule has 0 aromatic carbocycles. The Morgan fingerprint density at radius 2 is 1.80 bits per heavy atom. The second-order valence-corrected chi connectivity index (χ2v) is 9.37. The van der Waals surface area contributed by atoms with E-state index in [1.165, 1.54) is 25.7 Å². The van der Waals surface area contributed by atoms with E-state index in [1.807, 2.05) is 27.8 Å². The second-order valence-electron chi connectivity index (χ2n) is 6.60. The maximum atomic E-state index is 11.9. The van der Waals surface area contributed by atoms with Crippen molar-refractivity contribution in [3.63, 3.8) is 0 Å². The molecule has 0 saturated heterocycles. The van der Waals surface area contributed by atoms with Gasteiger partial charge in [-0.1, -0.05) is 6.08 Å². The molecule has 1 aliphatic carbocycles. The van der Waals surface area contributed by atoms with E-state index in [9.17, 15) is 4.79 Å². The summed E-state index contributed by atoms with van der Waals surface area (Å²) >= 11 is 6.84. The first-order chi connectivity index (χ1) is 9.17. The standard InChI is InChI=1S/C15H25Br2NO2/c1-15(2,3)20-14(19)18(4)10-12-7-5-11(6-8-12)9-13(16)17/h9,11-12H,5-8,10H2,1-4H3. The molecule has 0 N–H and O–H groups in total. The number of halogens is 2. The number of carbonyl (C=O) groups is 1. The Balaban J connectivity index is 2.36. The average molecular weight is 411 g/mol. The lowest BCUT2D eigenvalue weighted by Gasteiger charge is -2.31. The Morgan fingerprint density at radius 1 is 1.25 bits per heavy atom. The first kappa shape index (κ1) is 18.0. The van der Waals surface area contributed by atoms with Crippen LogP contribution in [0.2, 0.25) is 0 Å². The van der Waals surface area contributed by atoms with Crippen LogP contribution in [0.5, 0.6) is 0 Å². The van der Waals surface area contributed by atoms with Crippen LogP contribution < -0.4 is 0 Å². The van der Waals surface area contributed by atoms with Gasteiger partial charge in [0.2, 0.25) is 0 Å². The molecule has 0 unspecified atom stereocenters. The lowest BCUT2D eigenvalue weighted by molar-refractivity contribution is 0.0259. The van der Waals surface area contributed by atoms with Gasteiger partial charge in [0.25, 0.3) is 0 Å². The van der Waals surface area contributed by atoms with Crippen molar-refractivity contribution in [1.82, 2.24) is 4.90 Å². The first-order valence-corrected chi connectivity index (χ1v) is 8.73. The zero-order valence-corrected chi connectivity index (χ0v) is 16.0. The van der Waals surface area contributed by atoms with Crippen LogP contribution in [0, 0.1) is 11.8 Å². The molecule has 1 rings (SSSR count). The highest BCUT2D eigenvalue weighted by atomic mass is 79.9. The van der Waals surface area contributed by atoms with Crippen molar-refractivity contribution in [1.29, 1.82) is 0 Å². The highest BCUT2D eigenvalue weighted by molar-refractivity contribution is 9.28. The van der Waals surface area contributed by atoms with E-state index in [1.54, 1.807) is 4.90 Å². The molecule has 5 heteroatoms. The Bertz CT molecular complexity index is 351. The fourth-order valence-corrected chi connectivity index (χ4v) is 3.26. The van der Waals surface area contributed by atoms with Crippen molar-refractivity contribution in [2.45, 2.75) is 52.1 Å². The molecule has 0 radical (unpaired) electrons. The van der Waals surface area contributed by atoms with E-state index < -0.39 is 5.60 Å². The van der Waals surface area contributed by atoms with Crippen LogP contribution in [-0.2, 0) is 4.74 Å². The van der Waals surface area contributed by atoms with Gasteiger partial charge in [0, 0.05) is 13.6 Å². The Hall–Kier alpha value is -0.0300. The minimum Gasteiger partial charge on any atom is -0.444 e. The van der Waals surface area contributed by atoms with Gasteiger partial charge in [-0.2, -0.15) is 0 Å². The minimum atomic E-state index is -0.421. The topological polar surface area (TPSA) is 29.5 Å². The molecule has 0 aromatic heterocycles. The predicted molar refractivity (Wildman–Crippen MR) is 90.2 cm³/mol. The Morgan fingerprint density at radius 3 is 2.25 bits per heavy atom. The fraction of sp³-hybridized carbons (Fsp3) is 0.800. The van der Waals surface area contributed by atoms with E-state index in [2.05, 4.69) is 37.9 Å². The van der Waals surface area contributed by atoms with E-state index in [4.69, 9.17) is 4.74 Å². The summed E-state index contributed by atoms with van der Waals surface area (Å²) in [6, 6.07) is 0. The van der Waals surface area contributed by atoms with E-state index >= 15 is 0 Å². The number of amides is 1. The van der Waals surface area contributed by atoms with Crippen molar-refractivity contribution in [2.24, 2.45) is 11.8 Å². The molecule has 20 heavy (non-hydrogen) atoms. The van der Waals surface area contributed by atoms with Crippen LogP contribution in [-0.4, -0.2) is 30.2 Å². The summed E-state index contributed by atoms with van der Waals surface area (Å²) in [5.74, 6) is 1.23. The van der Waals surface area contributed by atoms with Crippen molar-refractivity contribution < 1.29 is 9.53 Å². The minimum absolute atomic E-state index is 0.220. The third kappa shape index (κ3) is 7.11. The lowest BCUT2D eigenvalue weighted by atomic mass is 9.82. The largest absolute Gasteiger partial charge is 0.444 e. The van der Waals surface area contributed by atoms with Crippen molar-refractivity contribution in [3.05, 3.63) is 9.47 Å². The Labute approximate surface area is 139 Å². The molecule has 0 aliphatic heterocycles. The number of rotatable bonds is 3. The molecule has 0 atom stereocenters. The normalized spacial score (nSPS) is 23.1. The predicted octanol–water partition coefficient (Wildman–Crippen LogP) is 5.29. The van der Waals surface area contributed by atoms with Gasteiger partial charge in [-0.05, 0) is 90.2 Å². The molecule has 0 aromatic rings. The summed E-state index contributed by atoms with van der Waals surface area (Å²) in [6.45, 7) is 6.48. The van der Waals surface area contributed by atoms with Crippen LogP contribution >= 0.6 is 31.9 Å². The van der Waals surface area contributed by atoms with Gasteiger partial charge in [-0.15, -0.1) is 0 Å². The zero-order chi connectivity index (χ0) is 15.3. The monoisotopic (exact) mass is 409 g/mol. The van der Waals surface area contributed by atoms with E-state index in [-0.39, 0.29) is 6.09 Å². The van der Waals surface area contributed by atoms with E-state index in [0.717, 1.165) is 9.94 Å². The quantitative estimate of drug-likeness (QED) is 0.632. The number of nitrogens with zero attached hydrogens (tertiary/aromatic N) is 1. The molecule has 1 fully saturated rings. The number of hydrogen-bond acceptors (Lipinski definition) is 2. The van der Waals surface area contributed by atoms with Gasteiger partial charge in [-0.25, -0.2) is 4.79 Å². The van der Waals surface area contributed by atoms with Crippen molar-refractivity contribution in [3.8, 4) is 0 Å². The average Bonchev–Trinajstić information content (AvgIpc) is 2.28. The smallest absolute Gasteiger partial charge is 0.410 e. The maximum Gasteiger partial charge on any atom is 0.410 e. The summed E-state index contributed by atoms with van der Waals surface area (Å²) in [6.07, 6.45) is 6.72. The number of ether oxygens (including phenoxy) is 1. The molecular formula is C15H25Br2NO2. The van der Waals surface area contributed by atoms with Crippen LogP contribution in [0.3, 0.4) is 0 Å². The molecule has 0 bridgehead atoms. The highest BCUT2D eigenvalue weighted by Crippen LogP contribution is 2.32. The molecule has 116 valence electrons. The molecule has 3 nitrogen and oxygen atoms in total. The summed E-state index contributed by atoms with van der Waals surface area (Å²) in [5, 5.41) is 0. The van der Waals surface area contributed by atoms with Gasteiger partial charge in [0.05, 0.1) is 3.39 Å². The molecule has 0 spiro atoms. The lowest BCUT2D eigenvalue weighted by Crippen LogP contribution is -2.37. The first-order valence-electron chi connectivity index (χ1n) is 7.14. The van der Waals surface area contributed by atoms with Gasteiger partial charge >= 0.3 is 6.09 Å². The van der Waals surface area contributed by atoms with Crippen LogP contribution in [0.25, 0.3) is 0 Å². The molecule has 1 aliphatic rings. The molecule has 0 heterocycles. The summed E-state index contributed by atoms with van der Waals surface area (Å²) < 4.78 is 6.42. The fourth-order valence-electron chi connectivity index (χ4n) is 2.52. The third-order valence-electron chi connectivity index (χ3n) is 3.49. The van der Waals surface area contributed by atoms with Gasteiger partial charge in [0.1, 0.15) is 5.60 Å². The van der Waals surface area contributed by atoms with Crippen LogP contribution in [0.1, 0.15) is 46.5 Å². The second kappa shape index (κ2) is 7.83. The number of allylic oxidation sites excluding steroid dienone is 1. The SMILES string of the molecule is CN(CC1CCC(C=C(Br)Br)CC1)C(=O)OC(C)(C)C. The maximum absolute atomic E-state index is 11.9. The summed E-state index contributed by atoms with van der Waals surface area (Å²) in [4.78, 5) is 13.6. The zero-order valence-electron chi connectivity index (χ0n) is 12.8. The third-order valence-corrected chi connectivity index (χ3v) is 4.02. The van der Waals surface area contributed by atoms with Crippen molar-refractivity contribution >= 4 is 38.0 Å².